The number of non-ortho nitro benzene ring substituents is 1. The highest BCUT2D eigenvalue weighted by molar-refractivity contribution is 5.90. The number of nitro groups is 1. The molecule has 0 aliphatic carbocycles. The van der Waals surface area contributed by atoms with Crippen molar-refractivity contribution < 1.29 is 28.4 Å². The molecule has 0 unspecified atom stereocenters. The van der Waals surface area contributed by atoms with Crippen LogP contribution in [0.2, 0.25) is 0 Å². The van der Waals surface area contributed by atoms with Gasteiger partial charge in [-0.15, -0.1) is 0 Å². The number of benzene rings is 1. The zero-order valence-corrected chi connectivity index (χ0v) is 11.5. The molecule has 8 nitrogen and oxygen atoms in total. The van der Waals surface area contributed by atoms with Gasteiger partial charge in [-0.25, -0.2) is 9.59 Å². The van der Waals surface area contributed by atoms with E-state index in [9.17, 15) is 19.7 Å². The highest BCUT2D eigenvalue weighted by Crippen LogP contribution is 2.16. The minimum atomic E-state index is -0.675. The molecule has 0 aliphatic heterocycles. The summed E-state index contributed by atoms with van der Waals surface area (Å²) in [5.74, 6) is -1.39. The SMILES string of the molecule is COC(=O)c1occc1COC(=O)c1ccc([N+](=O)[O-])cc1. The van der Waals surface area contributed by atoms with E-state index in [1.807, 2.05) is 0 Å². The fourth-order valence-electron chi connectivity index (χ4n) is 1.67. The van der Waals surface area contributed by atoms with Gasteiger partial charge >= 0.3 is 11.9 Å². The van der Waals surface area contributed by atoms with Gasteiger partial charge in [-0.05, 0) is 18.2 Å². The maximum atomic E-state index is 11.8. The minimum Gasteiger partial charge on any atom is -0.463 e. The molecule has 0 saturated carbocycles. The smallest absolute Gasteiger partial charge is 0.374 e. The van der Waals surface area contributed by atoms with Crippen LogP contribution in [-0.2, 0) is 16.1 Å². The number of ether oxygens (including phenoxy) is 2. The first-order chi connectivity index (χ1) is 10.5. The van der Waals surface area contributed by atoms with Crippen molar-refractivity contribution in [1.29, 1.82) is 0 Å². The molecule has 0 amide bonds. The number of carbonyl (C=O) groups excluding carboxylic acids is 2. The van der Waals surface area contributed by atoms with Crippen molar-refractivity contribution in [2.24, 2.45) is 0 Å². The summed E-state index contributed by atoms with van der Waals surface area (Å²) in [7, 11) is 1.21. The van der Waals surface area contributed by atoms with Crippen molar-refractivity contribution in [1.82, 2.24) is 0 Å². The predicted molar refractivity (Wildman–Crippen MR) is 72.3 cm³/mol. The molecule has 0 spiro atoms. The number of rotatable bonds is 5. The lowest BCUT2D eigenvalue weighted by molar-refractivity contribution is -0.384. The van der Waals surface area contributed by atoms with Crippen LogP contribution in [0.5, 0.6) is 0 Å². The quantitative estimate of drug-likeness (QED) is 0.473. The Hall–Kier alpha value is -3.16. The van der Waals surface area contributed by atoms with Gasteiger partial charge < -0.3 is 13.9 Å². The van der Waals surface area contributed by atoms with Crippen LogP contribution in [0, 0.1) is 10.1 Å². The predicted octanol–water partition coefficient (Wildman–Crippen LogP) is 2.33. The monoisotopic (exact) mass is 305 g/mol. The van der Waals surface area contributed by atoms with Crippen molar-refractivity contribution in [3.63, 3.8) is 0 Å². The average molecular weight is 305 g/mol. The van der Waals surface area contributed by atoms with E-state index in [1.165, 1.54) is 43.7 Å². The molecule has 0 N–H and O–H groups in total. The number of nitrogens with zero attached hydrogens (tertiary/aromatic N) is 1. The Morgan fingerprint density at radius 1 is 1.18 bits per heavy atom. The van der Waals surface area contributed by atoms with Crippen LogP contribution in [0.4, 0.5) is 5.69 Å². The molecular formula is C14H11NO7. The van der Waals surface area contributed by atoms with Gasteiger partial charge in [0.15, 0.2) is 0 Å². The van der Waals surface area contributed by atoms with Gasteiger partial charge in [0.05, 0.1) is 23.9 Å². The molecule has 0 saturated heterocycles. The van der Waals surface area contributed by atoms with Crippen LogP contribution in [-0.4, -0.2) is 24.0 Å². The van der Waals surface area contributed by atoms with Gasteiger partial charge in [0.1, 0.15) is 6.61 Å². The van der Waals surface area contributed by atoms with E-state index in [0.717, 1.165) is 0 Å². The first kappa shape index (κ1) is 15.2. The Kier molecular flexibility index (Phi) is 4.52. The minimum absolute atomic E-state index is 0.0426. The molecule has 2 rings (SSSR count). The summed E-state index contributed by atoms with van der Waals surface area (Å²) in [6.45, 7) is -0.184. The third-order valence-corrected chi connectivity index (χ3v) is 2.79. The molecule has 1 aromatic carbocycles. The summed E-state index contributed by atoms with van der Waals surface area (Å²) < 4.78 is 14.5. The molecule has 0 bridgehead atoms. The fourth-order valence-corrected chi connectivity index (χ4v) is 1.67. The van der Waals surface area contributed by atoms with E-state index in [1.54, 1.807) is 0 Å². The van der Waals surface area contributed by atoms with Crippen LogP contribution in [0.15, 0.2) is 41.0 Å². The van der Waals surface area contributed by atoms with Crippen molar-refractivity contribution in [2.45, 2.75) is 6.61 Å². The number of methoxy groups -OCH3 is 1. The third kappa shape index (κ3) is 3.29. The van der Waals surface area contributed by atoms with Gasteiger partial charge in [0.25, 0.3) is 5.69 Å². The lowest BCUT2D eigenvalue weighted by atomic mass is 10.2. The number of carbonyl (C=O) groups is 2. The second-order valence-electron chi connectivity index (χ2n) is 4.15. The highest BCUT2D eigenvalue weighted by atomic mass is 16.6. The Labute approximate surface area is 124 Å². The summed E-state index contributed by atoms with van der Waals surface area (Å²) in [5.41, 5.74) is 0.398. The Morgan fingerprint density at radius 3 is 2.45 bits per heavy atom. The van der Waals surface area contributed by atoms with Gasteiger partial charge in [-0.2, -0.15) is 0 Å². The Balaban J connectivity index is 2.02. The third-order valence-electron chi connectivity index (χ3n) is 2.79. The molecule has 0 atom stereocenters. The number of furan rings is 1. The fraction of sp³-hybridized carbons (Fsp3) is 0.143. The van der Waals surface area contributed by atoms with Crippen LogP contribution >= 0.6 is 0 Å². The van der Waals surface area contributed by atoms with Gasteiger partial charge in [-0.1, -0.05) is 0 Å². The van der Waals surface area contributed by atoms with Crippen molar-refractivity contribution >= 4 is 17.6 Å². The lowest BCUT2D eigenvalue weighted by Gasteiger charge is -2.04. The molecule has 114 valence electrons. The van der Waals surface area contributed by atoms with Crippen molar-refractivity contribution in [2.75, 3.05) is 7.11 Å². The van der Waals surface area contributed by atoms with E-state index in [4.69, 9.17) is 9.15 Å². The standard InChI is InChI=1S/C14H11NO7/c1-20-14(17)12-10(6-7-21-12)8-22-13(16)9-2-4-11(5-3-9)15(18)19/h2-7H,8H2,1H3. The highest BCUT2D eigenvalue weighted by Gasteiger charge is 2.18. The first-order valence-electron chi connectivity index (χ1n) is 6.09. The molecule has 0 aliphatic rings. The molecular weight excluding hydrogens is 294 g/mol. The zero-order valence-electron chi connectivity index (χ0n) is 11.5. The van der Waals surface area contributed by atoms with Gasteiger partial charge in [0.2, 0.25) is 5.76 Å². The van der Waals surface area contributed by atoms with Crippen LogP contribution < -0.4 is 0 Å². The van der Waals surface area contributed by atoms with Crippen molar-refractivity contribution in [3.8, 4) is 0 Å². The summed E-state index contributed by atoms with van der Waals surface area (Å²) in [6.07, 6.45) is 1.28. The largest absolute Gasteiger partial charge is 0.463 e. The van der Waals surface area contributed by atoms with Gasteiger partial charge in [-0.3, -0.25) is 10.1 Å². The summed E-state index contributed by atoms with van der Waals surface area (Å²) in [5, 5.41) is 10.5. The van der Waals surface area contributed by atoms with E-state index in [0.29, 0.717) is 5.56 Å². The summed E-state index contributed by atoms with van der Waals surface area (Å²) in [4.78, 5) is 33.2. The second-order valence-corrected chi connectivity index (χ2v) is 4.15. The van der Waals surface area contributed by atoms with Crippen molar-refractivity contribution in [3.05, 3.63) is 63.6 Å². The number of nitro benzene ring substituents is 1. The second kappa shape index (κ2) is 6.53. The summed E-state index contributed by atoms with van der Waals surface area (Å²) >= 11 is 0. The van der Waals surface area contributed by atoms with E-state index in [-0.39, 0.29) is 23.6 Å². The van der Waals surface area contributed by atoms with Crippen LogP contribution in [0.1, 0.15) is 26.5 Å². The maximum absolute atomic E-state index is 11.8. The maximum Gasteiger partial charge on any atom is 0.374 e. The van der Waals surface area contributed by atoms with E-state index < -0.39 is 16.9 Å². The number of hydrogen-bond donors (Lipinski definition) is 0. The molecule has 8 heteroatoms. The molecule has 2 aromatic rings. The first-order valence-corrected chi connectivity index (χ1v) is 6.09. The summed E-state index contributed by atoms with van der Waals surface area (Å²) in [6, 6.07) is 6.46. The number of esters is 2. The number of hydrogen-bond acceptors (Lipinski definition) is 7. The molecule has 1 aromatic heterocycles. The van der Waals surface area contributed by atoms with Gasteiger partial charge in [0, 0.05) is 17.7 Å². The zero-order chi connectivity index (χ0) is 16.1. The molecule has 1 heterocycles. The average Bonchev–Trinajstić information content (AvgIpc) is 3.00. The molecule has 0 radical (unpaired) electrons. The Bertz CT molecular complexity index is 702. The van der Waals surface area contributed by atoms with E-state index in [2.05, 4.69) is 4.74 Å². The normalized spacial score (nSPS) is 10.0. The van der Waals surface area contributed by atoms with Crippen LogP contribution in [0.3, 0.4) is 0 Å². The topological polar surface area (TPSA) is 109 Å². The Morgan fingerprint density at radius 2 is 1.86 bits per heavy atom. The molecule has 0 fully saturated rings. The lowest BCUT2D eigenvalue weighted by Crippen LogP contribution is -2.08. The van der Waals surface area contributed by atoms with E-state index >= 15 is 0 Å². The van der Waals surface area contributed by atoms with Crippen LogP contribution in [0.25, 0.3) is 0 Å². The molecule has 22 heavy (non-hydrogen) atoms.